The lowest BCUT2D eigenvalue weighted by Gasteiger charge is -2.46. The molecule has 1 N–H and O–H groups in total. The van der Waals surface area contributed by atoms with Gasteiger partial charge in [-0.25, -0.2) is 0 Å². The first-order valence-corrected chi connectivity index (χ1v) is 7.43. The van der Waals surface area contributed by atoms with Crippen molar-refractivity contribution in [1.82, 2.24) is 5.32 Å². The fourth-order valence-corrected chi connectivity index (χ4v) is 3.98. The Labute approximate surface area is 112 Å². The van der Waals surface area contributed by atoms with Crippen LogP contribution in [0.25, 0.3) is 0 Å². The molecule has 1 heteroatoms. The molecule has 100 valence electrons. The van der Waals surface area contributed by atoms with Gasteiger partial charge in [-0.2, -0.15) is 0 Å². The Morgan fingerprint density at radius 3 is 2.11 bits per heavy atom. The smallest absolute Gasteiger partial charge is 0.0184 e. The second kappa shape index (κ2) is 5.88. The minimum Gasteiger partial charge on any atom is -0.316 e. The van der Waals surface area contributed by atoms with Crippen LogP contribution in [0, 0.1) is 5.92 Å². The average Bonchev–Trinajstić information content (AvgIpc) is 2.41. The quantitative estimate of drug-likeness (QED) is 0.841. The SMILES string of the molecule is CNC(C(C)C)C1(c2ccccc2)CCCCC1. The van der Waals surface area contributed by atoms with Gasteiger partial charge in [0, 0.05) is 11.5 Å². The maximum atomic E-state index is 3.61. The van der Waals surface area contributed by atoms with Crippen LogP contribution in [0.2, 0.25) is 0 Å². The summed E-state index contributed by atoms with van der Waals surface area (Å²) in [6, 6.07) is 11.8. The minimum absolute atomic E-state index is 0.350. The van der Waals surface area contributed by atoms with E-state index in [9.17, 15) is 0 Å². The van der Waals surface area contributed by atoms with Gasteiger partial charge in [0.1, 0.15) is 0 Å². The third-order valence-corrected chi connectivity index (χ3v) is 4.67. The van der Waals surface area contributed by atoms with Crippen molar-refractivity contribution in [1.29, 1.82) is 0 Å². The number of hydrogen-bond donors (Lipinski definition) is 1. The summed E-state index contributed by atoms with van der Waals surface area (Å²) in [6.45, 7) is 4.70. The van der Waals surface area contributed by atoms with Gasteiger partial charge < -0.3 is 5.32 Å². The van der Waals surface area contributed by atoms with Gasteiger partial charge in [0.15, 0.2) is 0 Å². The second-order valence-electron chi connectivity index (χ2n) is 6.09. The molecule has 1 nitrogen and oxygen atoms in total. The summed E-state index contributed by atoms with van der Waals surface area (Å²) < 4.78 is 0. The summed E-state index contributed by atoms with van der Waals surface area (Å²) >= 11 is 0. The Balaban J connectivity index is 2.39. The summed E-state index contributed by atoms with van der Waals surface area (Å²) in [5, 5.41) is 3.61. The van der Waals surface area contributed by atoms with Gasteiger partial charge in [0.2, 0.25) is 0 Å². The highest BCUT2D eigenvalue weighted by Crippen LogP contribution is 2.44. The van der Waals surface area contributed by atoms with E-state index in [0.29, 0.717) is 17.4 Å². The zero-order valence-electron chi connectivity index (χ0n) is 12.1. The Kier molecular flexibility index (Phi) is 4.45. The first-order valence-electron chi connectivity index (χ1n) is 7.43. The molecule has 2 rings (SSSR count). The molecule has 0 aliphatic heterocycles. The van der Waals surface area contributed by atoms with E-state index < -0.39 is 0 Å². The van der Waals surface area contributed by atoms with Gasteiger partial charge in [-0.05, 0) is 31.4 Å². The minimum atomic E-state index is 0.350. The Morgan fingerprint density at radius 1 is 1.00 bits per heavy atom. The summed E-state index contributed by atoms with van der Waals surface area (Å²) in [5.74, 6) is 0.674. The van der Waals surface area contributed by atoms with Crippen molar-refractivity contribution in [3.8, 4) is 0 Å². The van der Waals surface area contributed by atoms with Crippen molar-refractivity contribution in [2.75, 3.05) is 7.05 Å². The number of rotatable bonds is 4. The van der Waals surface area contributed by atoms with Crippen LogP contribution in [0.4, 0.5) is 0 Å². The average molecular weight is 245 g/mol. The molecule has 18 heavy (non-hydrogen) atoms. The van der Waals surface area contributed by atoms with E-state index >= 15 is 0 Å². The zero-order valence-corrected chi connectivity index (χ0v) is 12.1. The molecule has 0 radical (unpaired) electrons. The van der Waals surface area contributed by atoms with Crippen molar-refractivity contribution in [2.24, 2.45) is 5.92 Å². The molecule has 1 aromatic rings. The van der Waals surface area contributed by atoms with Crippen molar-refractivity contribution in [2.45, 2.75) is 57.4 Å². The second-order valence-corrected chi connectivity index (χ2v) is 6.09. The van der Waals surface area contributed by atoms with Crippen LogP contribution in [0.1, 0.15) is 51.5 Å². The molecular formula is C17H27N. The molecule has 0 amide bonds. The van der Waals surface area contributed by atoms with Crippen LogP contribution >= 0.6 is 0 Å². The molecule has 1 aliphatic rings. The first kappa shape index (κ1) is 13.6. The van der Waals surface area contributed by atoms with Crippen molar-refractivity contribution >= 4 is 0 Å². The van der Waals surface area contributed by atoms with Gasteiger partial charge in [0.05, 0.1) is 0 Å². The maximum absolute atomic E-state index is 3.61. The van der Waals surface area contributed by atoms with Crippen molar-refractivity contribution in [3.63, 3.8) is 0 Å². The van der Waals surface area contributed by atoms with Crippen LogP contribution in [0.15, 0.2) is 30.3 Å². The van der Waals surface area contributed by atoms with E-state index in [0.717, 1.165) is 0 Å². The maximum Gasteiger partial charge on any atom is 0.0184 e. The van der Waals surface area contributed by atoms with Crippen LogP contribution in [0.5, 0.6) is 0 Å². The van der Waals surface area contributed by atoms with Crippen LogP contribution < -0.4 is 5.32 Å². The summed E-state index contributed by atoms with van der Waals surface area (Å²) in [5.41, 5.74) is 1.89. The summed E-state index contributed by atoms with van der Waals surface area (Å²) in [6.07, 6.45) is 6.82. The molecule has 0 spiro atoms. The number of hydrogen-bond acceptors (Lipinski definition) is 1. The van der Waals surface area contributed by atoms with Crippen molar-refractivity contribution in [3.05, 3.63) is 35.9 Å². The van der Waals surface area contributed by atoms with E-state index in [1.165, 1.54) is 37.7 Å². The molecule has 0 bridgehead atoms. The molecular weight excluding hydrogens is 218 g/mol. The normalized spacial score (nSPS) is 20.9. The van der Waals surface area contributed by atoms with E-state index in [-0.39, 0.29) is 0 Å². The largest absolute Gasteiger partial charge is 0.316 e. The standard InChI is InChI=1S/C17H27N/c1-14(2)16(18-3)17(12-8-5-9-13-17)15-10-6-4-7-11-15/h4,6-7,10-11,14,16,18H,5,8-9,12-13H2,1-3H3. The van der Waals surface area contributed by atoms with Gasteiger partial charge in [-0.1, -0.05) is 63.4 Å². The molecule has 0 aromatic heterocycles. The Hall–Kier alpha value is -0.820. The summed E-state index contributed by atoms with van der Waals surface area (Å²) in [4.78, 5) is 0. The van der Waals surface area contributed by atoms with Crippen LogP contribution in [-0.4, -0.2) is 13.1 Å². The van der Waals surface area contributed by atoms with Gasteiger partial charge in [0.25, 0.3) is 0 Å². The first-order chi connectivity index (χ1) is 8.70. The molecule has 1 fully saturated rings. The third kappa shape index (κ3) is 2.47. The fraction of sp³-hybridized carbons (Fsp3) is 0.647. The van der Waals surface area contributed by atoms with E-state index in [1.54, 1.807) is 0 Å². The van der Waals surface area contributed by atoms with E-state index in [2.05, 4.69) is 56.5 Å². The molecule has 0 heterocycles. The lowest BCUT2D eigenvalue weighted by atomic mass is 9.62. The van der Waals surface area contributed by atoms with Crippen LogP contribution in [0.3, 0.4) is 0 Å². The lowest BCUT2D eigenvalue weighted by molar-refractivity contribution is 0.182. The van der Waals surface area contributed by atoms with Gasteiger partial charge in [-0.15, -0.1) is 0 Å². The molecule has 1 unspecified atom stereocenters. The Morgan fingerprint density at radius 2 is 1.61 bits per heavy atom. The third-order valence-electron chi connectivity index (χ3n) is 4.67. The highest BCUT2D eigenvalue weighted by molar-refractivity contribution is 5.29. The van der Waals surface area contributed by atoms with Gasteiger partial charge in [-0.3, -0.25) is 0 Å². The monoisotopic (exact) mass is 245 g/mol. The highest BCUT2D eigenvalue weighted by Gasteiger charge is 2.41. The summed E-state index contributed by atoms with van der Waals surface area (Å²) in [7, 11) is 2.13. The van der Waals surface area contributed by atoms with Gasteiger partial charge >= 0.3 is 0 Å². The topological polar surface area (TPSA) is 12.0 Å². The van der Waals surface area contributed by atoms with Crippen LogP contribution in [-0.2, 0) is 5.41 Å². The molecule has 1 saturated carbocycles. The Bertz CT molecular complexity index is 349. The van der Waals surface area contributed by atoms with Crippen molar-refractivity contribution < 1.29 is 0 Å². The zero-order chi connectivity index (χ0) is 13.0. The highest BCUT2D eigenvalue weighted by atomic mass is 14.9. The molecule has 1 aromatic carbocycles. The van der Waals surface area contributed by atoms with E-state index in [4.69, 9.17) is 0 Å². The number of benzene rings is 1. The molecule has 1 atom stereocenters. The number of likely N-dealkylation sites (N-methyl/N-ethyl adjacent to an activating group) is 1. The number of nitrogens with one attached hydrogen (secondary N) is 1. The lowest BCUT2D eigenvalue weighted by Crippen LogP contribution is -2.51. The predicted molar refractivity (Wildman–Crippen MR) is 78.9 cm³/mol. The fourth-order valence-electron chi connectivity index (χ4n) is 3.98. The molecule has 0 saturated heterocycles. The van der Waals surface area contributed by atoms with E-state index in [1.807, 2.05) is 0 Å². The molecule has 1 aliphatic carbocycles. The predicted octanol–water partition coefficient (Wildman–Crippen LogP) is 4.13.